The maximum atomic E-state index is 12.5. The Hall–Kier alpha value is -1.95. The summed E-state index contributed by atoms with van der Waals surface area (Å²) in [5.74, 6) is 0.285. The Balaban J connectivity index is 1.59. The van der Waals surface area contributed by atoms with Crippen LogP contribution in [0.15, 0.2) is 24.5 Å². The molecule has 130 valence electrons. The van der Waals surface area contributed by atoms with E-state index in [0.29, 0.717) is 25.1 Å². The van der Waals surface area contributed by atoms with Crippen molar-refractivity contribution in [2.75, 3.05) is 39.9 Å². The summed E-state index contributed by atoms with van der Waals surface area (Å²) < 4.78 is 5.11. The lowest BCUT2D eigenvalue weighted by Crippen LogP contribution is -2.52. The minimum absolute atomic E-state index is 0.0566. The van der Waals surface area contributed by atoms with Crippen molar-refractivity contribution in [2.24, 2.45) is 5.41 Å². The second kappa shape index (κ2) is 7.30. The number of amides is 2. The van der Waals surface area contributed by atoms with Crippen LogP contribution < -0.4 is 0 Å². The van der Waals surface area contributed by atoms with Gasteiger partial charge in [-0.05, 0) is 36.8 Å². The Morgan fingerprint density at radius 1 is 1.33 bits per heavy atom. The third kappa shape index (κ3) is 3.59. The highest BCUT2D eigenvalue weighted by molar-refractivity contribution is 5.93. The van der Waals surface area contributed by atoms with E-state index in [9.17, 15) is 9.59 Å². The van der Waals surface area contributed by atoms with E-state index in [1.54, 1.807) is 25.6 Å². The lowest BCUT2D eigenvalue weighted by molar-refractivity contribution is -0.139. The summed E-state index contributed by atoms with van der Waals surface area (Å²) in [5, 5.41) is 0. The molecule has 2 saturated heterocycles. The van der Waals surface area contributed by atoms with Crippen molar-refractivity contribution in [1.82, 2.24) is 14.8 Å². The van der Waals surface area contributed by atoms with Gasteiger partial charge in [-0.2, -0.15) is 0 Å². The highest BCUT2D eigenvalue weighted by Gasteiger charge is 2.41. The molecular weight excluding hydrogens is 306 g/mol. The summed E-state index contributed by atoms with van der Waals surface area (Å²) >= 11 is 0. The third-order valence-corrected chi connectivity index (χ3v) is 5.33. The van der Waals surface area contributed by atoms with Crippen LogP contribution in [-0.4, -0.2) is 66.5 Å². The molecule has 6 heteroatoms. The molecule has 2 amide bonds. The van der Waals surface area contributed by atoms with Gasteiger partial charge in [-0.1, -0.05) is 0 Å². The standard InChI is InChI=1S/C18H25N3O3/c1-24-12-11-21-14-18(5-4-16(21)22)6-9-20(10-7-18)17(23)15-3-2-8-19-13-15/h2-3,8,13H,4-7,9-12,14H2,1H3. The highest BCUT2D eigenvalue weighted by atomic mass is 16.5. The van der Waals surface area contributed by atoms with Gasteiger partial charge in [-0.25, -0.2) is 0 Å². The monoisotopic (exact) mass is 331 g/mol. The lowest BCUT2D eigenvalue weighted by atomic mass is 9.72. The Bertz CT molecular complexity index is 582. The molecule has 2 aliphatic heterocycles. The fourth-order valence-electron chi connectivity index (χ4n) is 3.77. The number of rotatable bonds is 4. The number of pyridine rings is 1. The second-order valence-electron chi connectivity index (χ2n) is 6.84. The van der Waals surface area contributed by atoms with Gasteiger partial charge in [0, 0.05) is 52.1 Å². The number of hydrogen-bond donors (Lipinski definition) is 0. The number of ether oxygens (including phenoxy) is 1. The van der Waals surface area contributed by atoms with Gasteiger partial charge < -0.3 is 14.5 Å². The third-order valence-electron chi connectivity index (χ3n) is 5.33. The van der Waals surface area contributed by atoms with Crippen molar-refractivity contribution in [2.45, 2.75) is 25.7 Å². The fourth-order valence-corrected chi connectivity index (χ4v) is 3.77. The van der Waals surface area contributed by atoms with E-state index in [4.69, 9.17) is 4.74 Å². The van der Waals surface area contributed by atoms with Gasteiger partial charge in [0.25, 0.3) is 5.91 Å². The number of methoxy groups -OCH3 is 1. The van der Waals surface area contributed by atoms with Crippen molar-refractivity contribution in [3.05, 3.63) is 30.1 Å². The van der Waals surface area contributed by atoms with Gasteiger partial charge >= 0.3 is 0 Å². The zero-order valence-corrected chi connectivity index (χ0v) is 14.2. The smallest absolute Gasteiger partial charge is 0.255 e. The number of likely N-dealkylation sites (tertiary alicyclic amines) is 2. The maximum Gasteiger partial charge on any atom is 0.255 e. The summed E-state index contributed by atoms with van der Waals surface area (Å²) in [6.45, 7) is 3.53. The summed E-state index contributed by atoms with van der Waals surface area (Å²) in [4.78, 5) is 32.5. The number of piperidine rings is 2. The van der Waals surface area contributed by atoms with Crippen molar-refractivity contribution in [3.8, 4) is 0 Å². The van der Waals surface area contributed by atoms with Crippen molar-refractivity contribution in [1.29, 1.82) is 0 Å². The van der Waals surface area contributed by atoms with Crippen molar-refractivity contribution in [3.63, 3.8) is 0 Å². The first kappa shape index (κ1) is 16.9. The van der Waals surface area contributed by atoms with Crippen LogP contribution >= 0.6 is 0 Å². The Morgan fingerprint density at radius 2 is 2.12 bits per heavy atom. The van der Waals surface area contributed by atoms with Gasteiger partial charge in [0.1, 0.15) is 0 Å². The number of carbonyl (C=O) groups is 2. The summed E-state index contributed by atoms with van der Waals surface area (Å²) in [6.07, 6.45) is 6.75. The van der Waals surface area contributed by atoms with E-state index in [1.807, 2.05) is 15.9 Å². The van der Waals surface area contributed by atoms with Crippen molar-refractivity contribution >= 4 is 11.8 Å². The molecule has 2 aliphatic rings. The number of aromatic nitrogens is 1. The SMILES string of the molecule is COCCN1CC2(CCC1=O)CCN(C(=O)c1cccnc1)CC2. The molecular formula is C18H25N3O3. The van der Waals surface area contributed by atoms with Crippen LogP contribution in [0.1, 0.15) is 36.0 Å². The minimum atomic E-state index is 0.0566. The molecule has 0 bridgehead atoms. The number of carbonyl (C=O) groups excluding carboxylic acids is 2. The molecule has 0 N–H and O–H groups in total. The molecule has 3 rings (SSSR count). The second-order valence-corrected chi connectivity index (χ2v) is 6.84. The maximum absolute atomic E-state index is 12.5. The zero-order valence-electron chi connectivity index (χ0n) is 14.2. The van der Waals surface area contributed by atoms with E-state index in [2.05, 4.69) is 4.98 Å². The van der Waals surface area contributed by atoms with E-state index in [0.717, 1.165) is 38.9 Å². The molecule has 1 spiro atoms. The topological polar surface area (TPSA) is 62.7 Å². The van der Waals surface area contributed by atoms with Gasteiger partial charge in [0.15, 0.2) is 0 Å². The molecule has 24 heavy (non-hydrogen) atoms. The normalized spacial score (nSPS) is 20.5. The van der Waals surface area contributed by atoms with E-state index in [-0.39, 0.29) is 17.2 Å². The molecule has 1 aromatic rings. The molecule has 1 aromatic heterocycles. The van der Waals surface area contributed by atoms with Crippen LogP contribution in [0, 0.1) is 5.41 Å². The number of nitrogens with zero attached hydrogens (tertiary/aromatic N) is 3. The van der Waals surface area contributed by atoms with Gasteiger partial charge in [0.2, 0.25) is 5.91 Å². The average molecular weight is 331 g/mol. The van der Waals surface area contributed by atoms with Gasteiger partial charge in [-0.3, -0.25) is 14.6 Å². The van der Waals surface area contributed by atoms with E-state index in [1.165, 1.54) is 0 Å². The highest BCUT2D eigenvalue weighted by Crippen LogP contribution is 2.40. The Morgan fingerprint density at radius 3 is 2.79 bits per heavy atom. The molecule has 0 aromatic carbocycles. The lowest BCUT2D eigenvalue weighted by Gasteiger charge is -2.47. The minimum Gasteiger partial charge on any atom is -0.383 e. The molecule has 0 radical (unpaired) electrons. The van der Waals surface area contributed by atoms with E-state index < -0.39 is 0 Å². The van der Waals surface area contributed by atoms with Crippen molar-refractivity contribution < 1.29 is 14.3 Å². The molecule has 0 aliphatic carbocycles. The average Bonchev–Trinajstić information content (AvgIpc) is 2.63. The molecule has 3 heterocycles. The largest absolute Gasteiger partial charge is 0.383 e. The molecule has 6 nitrogen and oxygen atoms in total. The summed E-state index contributed by atoms with van der Waals surface area (Å²) in [5.41, 5.74) is 0.807. The van der Waals surface area contributed by atoms with Crippen LogP contribution in [-0.2, 0) is 9.53 Å². The van der Waals surface area contributed by atoms with Gasteiger partial charge in [0.05, 0.1) is 12.2 Å². The quantitative estimate of drug-likeness (QED) is 0.840. The Kier molecular flexibility index (Phi) is 5.14. The first-order chi connectivity index (χ1) is 11.6. The van der Waals surface area contributed by atoms with Crippen LogP contribution in [0.4, 0.5) is 0 Å². The number of hydrogen-bond acceptors (Lipinski definition) is 4. The molecule has 0 saturated carbocycles. The molecule has 0 atom stereocenters. The van der Waals surface area contributed by atoms with Gasteiger partial charge in [-0.15, -0.1) is 0 Å². The predicted molar refractivity (Wildman–Crippen MR) is 89.5 cm³/mol. The van der Waals surface area contributed by atoms with E-state index >= 15 is 0 Å². The Labute approximate surface area is 142 Å². The molecule has 2 fully saturated rings. The van der Waals surface area contributed by atoms with Crippen LogP contribution in [0.25, 0.3) is 0 Å². The first-order valence-electron chi connectivity index (χ1n) is 8.60. The summed E-state index contributed by atoms with van der Waals surface area (Å²) in [7, 11) is 1.66. The summed E-state index contributed by atoms with van der Waals surface area (Å²) in [6, 6.07) is 3.60. The predicted octanol–water partition coefficient (Wildman–Crippen LogP) is 1.57. The van der Waals surface area contributed by atoms with Crippen LogP contribution in [0.2, 0.25) is 0 Å². The van der Waals surface area contributed by atoms with Crippen LogP contribution in [0.3, 0.4) is 0 Å². The molecule has 0 unspecified atom stereocenters. The fraction of sp³-hybridized carbons (Fsp3) is 0.611. The first-order valence-corrected chi connectivity index (χ1v) is 8.60. The van der Waals surface area contributed by atoms with Crippen LogP contribution in [0.5, 0.6) is 0 Å². The zero-order chi connectivity index (χ0) is 17.0.